The summed E-state index contributed by atoms with van der Waals surface area (Å²) in [6.45, 7) is 2.68. The second kappa shape index (κ2) is 6.92. The Morgan fingerprint density at radius 2 is 2.00 bits per heavy atom. The van der Waals surface area contributed by atoms with E-state index in [2.05, 4.69) is 12.8 Å². The van der Waals surface area contributed by atoms with E-state index in [9.17, 15) is 0 Å². The number of ether oxygens (including phenoxy) is 2. The van der Waals surface area contributed by atoms with Crippen LogP contribution < -0.4 is 4.74 Å². The molecule has 1 rings (SSSR count). The third-order valence-corrected chi connectivity index (χ3v) is 2.45. The first-order valence-corrected chi connectivity index (χ1v) is 5.48. The molecule has 0 heterocycles. The summed E-state index contributed by atoms with van der Waals surface area (Å²) >= 11 is 0. The van der Waals surface area contributed by atoms with Crippen LogP contribution in [0.15, 0.2) is 24.3 Å². The Hall–Kier alpha value is -1.46. The molecule has 0 bridgehead atoms. The fraction of sp³-hybridized carbons (Fsp3) is 0.429. The highest BCUT2D eigenvalue weighted by Gasteiger charge is 2.04. The quantitative estimate of drug-likeness (QED) is 0.683. The first-order chi connectivity index (χ1) is 7.80. The Bertz CT molecular complexity index is 335. The summed E-state index contributed by atoms with van der Waals surface area (Å²) in [7, 11) is 1.66. The second-order valence-electron chi connectivity index (χ2n) is 3.60. The second-order valence-corrected chi connectivity index (χ2v) is 3.60. The normalized spacial score (nSPS) is 11.8. The van der Waals surface area contributed by atoms with E-state index in [1.807, 2.05) is 24.3 Å². The van der Waals surface area contributed by atoms with Gasteiger partial charge in [0, 0.05) is 6.42 Å². The summed E-state index contributed by atoms with van der Waals surface area (Å²) < 4.78 is 10.8. The van der Waals surface area contributed by atoms with Crippen molar-refractivity contribution in [1.82, 2.24) is 0 Å². The molecule has 0 amide bonds. The van der Waals surface area contributed by atoms with E-state index < -0.39 is 0 Å². The molecular formula is C14H18O2. The Kier molecular flexibility index (Phi) is 5.45. The predicted octanol–water partition coefficient (Wildman–Crippen LogP) is 3.01. The van der Waals surface area contributed by atoms with Crippen molar-refractivity contribution in [3.05, 3.63) is 29.8 Å². The molecule has 1 atom stereocenters. The highest BCUT2D eigenvalue weighted by atomic mass is 16.5. The van der Waals surface area contributed by atoms with Crippen molar-refractivity contribution in [2.24, 2.45) is 0 Å². The van der Waals surface area contributed by atoms with Crippen LogP contribution in [0.1, 0.15) is 25.3 Å². The molecule has 16 heavy (non-hydrogen) atoms. The molecule has 0 radical (unpaired) electrons. The SMILES string of the molecule is C#CC[C@@H](CC)OCc1ccc(OC)cc1. The fourth-order valence-corrected chi connectivity index (χ4v) is 1.39. The predicted molar refractivity (Wildman–Crippen MR) is 65.3 cm³/mol. The minimum Gasteiger partial charge on any atom is -0.497 e. The van der Waals surface area contributed by atoms with Crippen molar-refractivity contribution in [2.45, 2.75) is 32.5 Å². The zero-order valence-electron chi connectivity index (χ0n) is 9.90. The molecule has 0 aliphatic heterocycles. The number of hydrogen-bond donors (Lipinski definition) is 0. The van der Waals surface area contributed by atoms with Crippen LogP contribution in [0.3, 0.4) is 0 Å². The van der Waals surface area contributed by atoms with Crippen molar-refractivity contribution < 1.29 is 9.47 Å². The van der Waals surface area contributed by atoms with E-state index >= 15 is 0 Å². The van der Waals surface area contributed by atoms with Crippen molar-refractivity contribution in [2.75, 3.05) is 7.11 Å². The molecule has 0 spiro atoms. The van der Waals surface area contributed by atoms with Crippen LogP contribution in [-0.4, -0.2) is 13.2 Å². The van der Waals surface area contributed by atoms with Crippen LogP contribution in [0.5, 0.6) is 5.75 Å². The number of hydrogen-bond acceptors (Lipinski definition) is 2. The van der Waals surface area contributed by atoms with Crippen LogP contribution in [0, 0.1) is 12.3 Å². The van der Waals surface area contributed by atoms with Gasteiger partial charge in [0.05, 0.1) is 19.8 Å². The third kappa shape index (κ3) is 3.96. The summed E-state index contributed by atoms with van der Waals surface area (Å²) in [5, 5.41) is 0. The van der Waals surface area contributed by atoms with Crippen molar-refractivity contribution in [1.29, 1.82) is 0 Å². The topological polar surface area (TPSA) is 18.5 Å². The molecule has 0 fully saturated rings. The molecule has 2 nitrogen and oxygen atoms in total. The molecule has 1 aromatic rings. The maximum Gasteiger partial charge on any atom is 0.118 e. The lowest BCUT2D eigenvalue weighted by Crippen LogP contribution is -2.10. The number of rotatable bonds is 6. The van der Waals surface area contributed by atoms with Gasteiger partial charge < -0.3 is 9.47 Å². The molecule has 0 saturated carbocycles. The van der Waals surface area contributed by atoms with Gasteiger partial charge in [0.1, 0.15) is 5.75 Å². The van der Waals surface area contributed by atoms with Gasteiger partial charge in [-0.25, -0.2) is 0 Å². The average molecular weight is 218 g/mol. The maximum atomic E-state index is 5.71. The first kappa shape index (κ1) is 12.6. The molecule has 2 heteroatoms. The maximum absolute atomic E-state index is 5.71. The monoisotopic (exact) mass is 218 g/mol. The van der Waals surface area contributed by atoms with Crippen molar-refractivity contribution >= 4 is 0 Å². The summed E-state index contributed by atoms with van der Waals surface area (Å²) in [4.78, 5) is 0. The highest BCUT2D eigenvalue weighted by molar-refractivity contribution is 5.26. The molecule has 1 aromatic carbocycles. The Morgan fingerprint density at radius 3 is 2.50 bits per heavy atom. The Labute approximate surface area is 97.6 Å². The Balaban J connectivity index is 2.44. The molecule has 0 unspecified atom stereocenters. The van der Waals surface area contributed by atoms with Crippen LogP contribution >= 0.6 is 0 Å². The van der Waals surface area contributed by atoms with Gasteiger partial charge in [-0.15, -0.1) is 12.3 Å². The summed E-state index contributed by atoms with van der Waals surface area (Å²) in [5.41, 5.74) is 1.14. The lowest BCUT2D eigenvalue weighted by molar-refractivity contribution is 0.0416. The largest absolute Gasteiger partial charge is 0.497 e. The molecule has 86 valence electrons. The lowest BCUT2D eigenvalue weighted by atomic mass is 10.2. The molecule has 0 aromatic heterocycles. The van der Waals surface area contributed by atoms with E-state index in [4.69, 9.17) is 15.9 Å². The Morgan fingerprint density at radius 1 is 1.31 bits per heavy atom. The van der Waals surface area contributed by atoms with Crippen LogP contribution in [-0.2, 0) is 11.3 Å². The molecule has 0 aliphatic carbocycles. The van der Waals surface area contributed by atoms with Gasteiger partial charge in [-0.2, -0.15) is 0 Å². The number of terminal acetylenes is 1. The minimum atomic E-state index is 0.159. The van der Waals surface area contributed by atoms with Gasteiger partial charge in [-0.05, 0) is 24.1 Å². The zero-order valence-corrected chi connectivity index (χ0v) is 9.90. The summed E-state index contributed by atoms with van der Waals surface area (Å²) in [6, 6.07) is 7.87. The smallest absolute Gasteiger partial charge is 0.118 e. The average Bonchev–Trinajstić information content (AvgIpc) is 2.35. The van der Waals surface area contributed by atoms with E-state index in [1.165, 1.54) is 0 Å². The van der Waals surface area contributed by atoms with Crippen molar-refractivity contribution in [3.8, 4) is 18.1 Å². The van der Waals surface area contributed by atoms with Crippen LogP contribution in [0.2, 0.25) is 0 Å². The van der Waals surface area contributed by atoms with Gasteiger partial charge in [0.25, 0.3) is 0 Å². The van der Waals surface area contributed by atoms with E-state index in [0.717, 1.165) is 17.7 Å². The summed E-state index contributed by atoms with van der Waals surface area (Å²) in [6.07, 6.45) is 7.04. The fourth-order valence-electron chi connectivity index (χ4n) is 1.39. The molecular weight excluding hydrogens is 200 g/mol. The highest BCUT2D eigenvalue weighted by Crippen LogP contribution is 2.13. The van der Waals surface area contributed by atoms with Crippen LogP contribution in [0.25, 0.3) is 0 Å². The lowest BCUT2D eigenvalue weighted by Gasteiger charge is -2.13. The number of benzene rings is 1. The zero-order chi connectivity index (χ0) is 11.8. The van der Waals surface area contributed by atoms with Gasteiger partial charge in [-0.1, -0.05) is 19.1 Å². The van der Waals surface area contributed by atoms with Gasteiger partial charge >= 0.3 is 0 Å². The van der Waals surface area contributed by atoms with Gasteiger partial charge in [-0.3, -0.25) is 0 Å². The van der Waals surface area contributed by atoms with E-state index in [0.29, 0.717) is 13.0 Å². The van der Waals surface area contributed by atoms with Crippen LogP contribution in [0.4, 0.5) is 0 Å². The van der Waals surface area contributed by atoms with Gasteiger partial charge in [0.15, 0.2) is 0 Å². The molecule has 0 N–H and O–H groups in total. The first-order valence-electron chi connectivity index (χ1n) is 5.48. The van der Waals surface area contributed by atoms with E-state index in [1.54, 1.807) is 7.11 Å². The van der Waals surface area contributed by atoms with E-state index in [-0.39, 0.29) is 6.10 Å². The minimum absolute atomic E-state index is 0.159. The molecule has 0 saturated heterocycles. The summed E-state index contributed by atoms with van der Waals surface area (Å²) in [5.74, 6) is 3.49. The van der Waals surface area contributed by atoms with Gasteiger partial charge in [0.2, 0.25) is 0 Å². The standard InChI is InChI=1S/C14H18O2/c1-4-6-13(5-2)16-11-12-7-9-14(15-3)10-8-12/h1,7-10,13H,5-6,11H2,2-3H3/t13-/m1/s1. The number of methoxy groups -OCH3 is 1. The molecule has 0 aliphatic rings. The van der Waals surface area contributed by atoms with Crippen molar-refractivity contribution in [3.63, 3.8) is 0 Å². The third-order valence-electron chi connectivity index (χ3n) is 2.45.